The first-order chi connectivity index (χ1) is 16.4. The highest BCUT2D eigenvalue weighted by Crippen LogP contribution is 2.32. The fourth-order valence-electron chi connectivity index (χ4n) is 4.05. The molecule has 0 atom stereocenters. The monoisotopic (exact) mass is 459 g/mol. The molecule has 0 saturated carbocycles. The third-order valence-corrected chi connectivity index (χ3v) is 5.82. The van der Waals surface area contributed by atoms with Gasteiger partial charge in [0.15, 0.2) is 11.5 Å². The molecule has 1 amide bonds. The van der Waals surface area contributed by atoms with E-state index >= 15 is 0 Å². The average molecular weight is 460 g/mol. The molecule has 0 saturated heterocycles. The lowest BCUT2D eigenvalue weighted by Crippen LogP contribution is -2.34. The average Bonchev–Trinajstić information content (AvgIpc) is 3.47. The van der Waals surface area contributed by atoms with E-state index in [0.29, 0.717) is 28.9 Å². The van der Waals surface area contributed by atoms with Crippen LogP contribution < -0.4 is 20.3 Å². The molecule has 0 unspecified atom stereocenters. The molecule has 34 heavy (non-hydrogen) atoms. The van der Waals surface area contributed by atoms with Crippen LogP contribution in [0.4, 0.5) is 0 Å². The lowest BCUT2D eigenvalue weighted by Gasteiger charge is -2.13. The van der Waals surface area contributed by atoms with Gasteiger partial charge in [-0.1, -0.05) is 38.1 Å². The topological polar surface area (TPSA) is 100 Å². The molecule has 2 aromatic carbocycles. The van der Waals surface area contributed by atoms with Crippen molar-refractivity contribution in [3.63, 3.8) is 0 Å². The Hall–Kier alpha value is -4.14. The third-order valence-electron chi connectivity index (χ3n) is 5.82. The molecule has 174 valence electrons. The van der Waals surface area contributed by atoms with Gasteiger partial charge in [0.1, 0.15) is 12.1 Å². The highest BCUT2D eigenvalue weighted by atomic mass is 16.7. The Labute approximate surface area is 195 Å². The minimum atomic E-state index is -0.363. The highest BCUT2D eigenvalue weighted by Gasteiger charge is 2.20. The fraction of sp³-hybridized carbons (Fsp3) is 0.280. The molecule has 0 spiro atoms. The molecule has 4 aromatic rings. The molecule has 1 aliphatic heterocycles. The molecule has 0 bridgehead atoms. The molecule has 5 rings (SSSR count). The first kappa shape index (κ1) is 21.7. The first-order valence-electron chi connectivity index (χ1n) is 11.1. The van der Waals surface area contributed by atoms with E-state index in [1.807, 2.05) is 63.2 Å². The predicted octanol–water partition coefficient (Wildman–Crippen LogP) is 3.06. The third kappa shape index (κ3) is 3.89. The van der Waals surface area contributed by atoms with Crippen molar-refractivity contribution in [1.82, 2.24) is 24.9 Å². The van der Waals surface area contributed by atoms with Gasteiger partial charge in [0.2, 0.25) is 12.7 Å². The highest BCUT2D eigenvalue weighted by molar-refractivity contribution is 5.83. The fourth-order valence-corrected chi connectivity index (χ4v) is 4.05. The molecule has 2 aromatic heterocycles. The Kier molecular flexibility index (Phi) is 5.53. The van der Waals surface area contributed by atoms with Crippen LogP contribution in [-0.2, 0) is 17.9 Å². The summed E-state index contributed by atoms with van der Waals surface area (Å²) in [5.41, 5.74) is 3.44. The second-order valence-corrected chi connectivity index (χ2v) is 8.57. The van der Waals surface area contributed by atoms with Gasteiger partial charge in [0.25, 0.3) is 5.56 Å². The van der Waals surface area contributed by atoms with E-state index in [4.69, 9.17) is 9.47 Å². The van der Waals surface area contributed by atoms with E-state index in [2.05, 4.69) is 15.5 Å². The lowest BCUT2D eigenvalue weighted by molar-refractivity contribution is -0.122. The van der Waals surface area contributed by atoms with E-state index in [9.17, 15) is 9.59 Å². The number of hydrogen-bond donors (Lipinski definition) is 1. The van der Waals surface area contributed by atoms with Crippen molar-refractivity contribution < 1.29 is 14.3 Å². The number of rotatable bonds is 6. The molecular formula is C25H25N5O4. The molecule has 9 heteroatoms. The van der Waals surface area contributed by atoms with Crippen LogP contribution in [0.2, 0.25) is 0 Å². The Morgan fingerprint density at radius 1 is 1.15 bits per heavy atom. The normalized spacial score (nSPS) is 12.5. The maximum absolute atomic E-state index is 13.4. The van der Waals surface area contributed by atoms with E-state index in [-0.39, 0.29) is 30.7 Å². The van der Waals surface area contributed by atoms with Gasteiger partial charge in [-0.15, -0.1) is 0 Å². The van der Waals surface area contributed by atoms with E-state index in [1.165, 1.54) is 4.68 Å². The summed E-state index contributed by atoms with van der Waals surface area (Å²) < 4.78 is 13.6. The minimum Gasteiger partial charge on any atom is -0.454 e. The summed E-state index contributed by atoms with van der Waals surface area (Å²) in [6.45, 7) is 6.26. The van der Waals surface area contributed by atoms with Crippen molar-refractivity contribution >= 4 is 16.8 Å². The van der Waals surface area contributed by atoms with Crippen LogP contribution in [0, 0.1) is 6.92 Å². The molecule has 0 fully saturated rings. The van der Waals surface area contributed by atoms with Gasteiger partial charge in [-0.05, 0) is 42.2 Å². The second-order valence-electron chi connectivity index (χ2n) is 8.57. The van der Waals surface area contributed by atoms with Crippen molar-refractivity contribution in [3.8, 4) is 17.2 Å². The lowest BCUT2D eigenvalue weighted by atomic mass is 10.1. The van der Waals surface area contributed by atoms with Crippen molar-refractivity contribution in [3.05, 3.63) is 75.8 Å². The second kappa shape index (κ2) is 8.66. The summed E-state index contributed by atoms with van der Waals surface area (Å²) >= 11 is 0. The molecule has 1 aliphatic rings. The molecule has 9 nitrogen and oxygen atoms in total. The number of ether oxygens (including phenoxy) is 2. The number of hydrogen-bond acceptors (Lipinski definition) is 6. The first-order valence-corrected chi connectivity index (χ1v) is 11.1. The number of nitrogens with one attached hydrogen (secondary N) is 1. The summed E-state index contributed by atoms with van der Waals surface area (Å²) in [5.74, 6) is 1.07. The molecule has 1 N–H and O–H groups in total. The number of fused-ring (bicyclic) bond motifs is 2. The number of nitrogens with zero attached hydrogens (tertiary/aromatic N) is 4. The summed E-state index contributed by atoms with van der Waals surface area (Å²) in [7, 11) is 0. The summed E-state index contributed by atoms with van der Waals surface area (Å²) in [6, 6.07) is 13.2. The zero-order chi connectivity index (χ0) is 23.8. The maximum atomic E-state index is 13.4. The minimum absolute atomic E-state index is 0.0422. The molecule has 0 radical (unpaired) electrons. The van der Waals surface area contributed by atoms with Crippen molar-refractivity contribution in [2.24, 2.45) is 0 Å². The number of aromatic nitrogens is 4. The Bertz CT molecular complexity index is 1450. The van der Waals surface area contributed by atoms with Crippen LogP contribution in [0.3, 0.4) is 0 Å². The van der Waals surface area contributed by atoms with Crippen LogP contribution in [0.5, 0.6) is 11.5 Å². The van der Waals surface area contributed by atoms with Crippen LogP contribution in [0.1, 0.15) is 36.6 Å². The quantitative estimate of drug-likeness (QED) is 0.476. The SMILES string of the molecule is Cc1ccccc1-n1ncc2c(C(C)C)nn(CC(=O)NCc3ccc4c(c3)OCO4)c(=O)c21. The van der Waals surface area contributed by atoms with Gasteiger partial charge in [0, 0.05) is 11.9 Å². The van der Waals surface area contributed by atoms with E-state index in [0.717, 1.165) is 22.5 Å². The van der Waals surface area contributed by atoms with Crippen LogP contribution in [0.25, 0.3) is 16.6 Å². The largest absolute Gasteiger partial charge is 0.454 e. The number of benzene rings is 2. The number of para-hydroxylation sites is 1. The van der Waals surface area contributed by atoms with Gasteiger partial charge in [0.05, 0.1) is 17.6 Å². The summed E-state index contributed by atoms with van der Waals surface area (Å²) in [5, 5.41) is 12.6. The smallest absolute Gasteiger partial charge is 0.293 e. The number of aryl methyl sites for hydroxylation is 1. The zero-order valence-electron chi connectivity index (χ0n) is 19.2. The Balaban J connectivity index is 1.45. The van der Waals surface area contributed by atoms with Crippen LogP contribution in [0.15, 0.2) is 53.5 Å². The number of carbonyl (C=O) groups excluding carboxylic acids is 1. The number of carbonyl (C=O) groups is 1. The summed E-state index contributed by atoms with van der Waals surface area (Å²) in [4.78, 5) is 26.2. The van der Waals surface area contributed by atoms with Gasteiger partial charge in [-0.3, -0.25) is 9.59 Å². The van der Waals surface area contributed by atoms with Crippen molar-refractivity contribution in [2.75, 3.05) is 6.79 Å². The predicted molar refractivity (Wildman–Crippen MR) is 126 cm³/mol. The Morgan fingerprint density at radius 2 is 1.94 bits per heavy atom. The Morgan fingerprint density at radius 3 is 2.74 bits per heavy atom. The zero-order valence-corrected chi connectivity index (χ0v) is 19.2. The number of amides is 1. The van der Waals surface area contributed by atoms with Gasteiger partial charge in [-0.25, -0.2) is 9.36 Å². The molecule has 0 aliphatic carbocycles. The van der Waals surface area contributed by atoms with Crippen molar-refractivity contribution in [2.45, 2.75) is 39.8 Å². The van der Waals surface area contributed by atoms with Gasteiger partial charge in [-0.2, -0.15) is 10.2 Å². The standard InChI is InChI=1S/C25H25N5O4/c1-15(2)23-18-12-27-30(19-7-5-4-6-16(19)3)24(18)25(32)29(28-23)13-22(31)26-11-17-8-9-20-21(10-17)34-14-33-20/h4-10,12,15H,11,13-14H2,1-3H3,(H,26,31). The van der Waals surface area contributed by atoms with Crippen molar-refractivity contribution in [1.29, 1.82) is 0 Å². The molecular weight excluding hydrogens is 434 g/mol. The van der Waals surface area contributed by atoms with E-state index in [1.54, 1.807) is 10.9 Å². The van der Waals surface area contributed by atoms with Gasteiger partial charge < -0.3 is 14.8 Å². The van der Waals surface area contributed by atoms with Crippen LogP contribution in [-0.4, -0.2) is 32.3 Å². The van der Waals surface area contributed by atoms with Crippen LogP contribution >= 0.6 is 0 Å². The maximum Gasteiger partial charge on any atom is 0.293 e. The van der Waals surface area contributed by atoms with E-state index < -0.39 is 0 Å². The summed E-state index contributed by atoms with van der Waals surface area (Å²) in [6.07, 6.45) is 1.68. The van der Waals surface area contributed by atoms with Gasteiger partial charge >= 0.3 is 0 Å². The molecule has 3 heterocycles.